The molecule has 9 atom stereocenters. The number of aliphatic hydroxyl groups excluding tert-OH is 2. The first-order valence-corrected chi connectivity index (χ1v) is 11.4. The Labute approximate surface area is 179 Å². The minimum atomic E-state index is -1.62. The van der Waals surface area contributed by atoms with Crippen LogP contribution in [-0.2, 0) is 9.59 Å². The average Bonchev–Trinajstić information content (AvgIpc) is 2.83. The fourth-order valence-electron chi connectivity index (χ4n) is 7.29. The lowest BCUT2D eigenvalue weighted by Crippen LogP contribution is -2.64. The molecule has 0 aromatic rings. The Morgan fingerprint density at radius 1 is 1.36 bits per heavy atom. The number of aliphatic hydroxyl groups is 3. The van der Waals surface area contributed by atoms with Crippen LogP contribution in [0.1, 0.15) is 40.0 Å². The zero-order chi connectivity index (χ0) is 20.6. The van der Waals surface area contributed by atoms with Gasteiger partial charge in [-0.05, 0) is 49.2 Å². The lowest BCUT2D eigenvalue weighted by atomic mass is 9.46. The summed E-state index contributed by atoms with van der Waals surface area (Å²) in [7, 11) is 0. The van der Waals surface area contributed by atoms with Crippen molar-refractivity contribution in [3.8, 4) is 0 Å². The fraction of sp³-hybridized carbons (Fsp3) is 0.727. The van der Waals surface area contributed by atoms with Gasteiger partial charge in [0.25, 0.3) is 0 Å². The smallest absolute Gasteiger partial charge is 0.190 e. The van der Waals surface area contributed by atoms with Crippen LogP contribution in [-0.4, -0.2) is 49.1 Å². The maximum atomic E-state index is 12.6. The number of carbonyl (C=O) groups excluding carboxylic acids is 2. The molecule has 154 valence electrons. The molecular formula is C22H29IO5. The maximum Gasteiger partial charge on any atom is 0.190 e. The molecule has 0 saturated heterocycles. The van der Waals surface area contributed by atoms with Gasteiger partial charge in [-0.1, -0.05) is 55.0 Å². The van der Waals surface area contributed by atoms with Crippen molar-refractivity contribution in [1.29, 1.82) is 0 Å². The van der Waals surface area contributed by atoms with E-state index in [1.54, 1.807) is 12.2 Å². The number of hydrogen-bond acceptors (Lipinski definition) is 5. The predicted octanol–water partition coefficient (Wildman–Crippen LogP) is 2.22. The summed E-state index contributed by atoms with van der Waals surface area (Å²) in [6, 6.07) is 0. The molecule has 28 heavy (non-hydrogen) atoms. The monoisotopic (exact) mass is 500 g/mol. The van der Waals surface area contributed by atoms with Gasteiger partial charge in [0, 0.05) is 20.7 Å². The largest absolute Gasteiger partial charge is 0.393 e. The first-order valence-electron chi connectivity index (χ1n) is 10.1. The second-order valence-corrected chi connectivity index (χ2v) is 11.4. The molecular weight excluding hydrogens is 471 g/mol. The molecule has 3 fully saturated rings. The molecule has 4 rings (SSSR count). The third kappa shape index (κ3) is 2.41. The first kappa shape index (κ1) is 20.7. The summed E-state index contributed by atoms with van der Waals surface area (Å²) >= 11 is 2.43. The Morgan fingerprint density at radius 2 is 2.04 bits per heavy atom. The SMILES string of the molecule is C[C@@H]1C[C@H]2[C@H]3[C@H]([C@@H](O)C[C@]2(C)[C@@]1(O)C(=O)CO)[C@@]1(C)C=CC(=O)C=C1C[C@H]3I. The number of allylic oxidation sites excluding steroid dienone is 4. The van der Waals surface area contributed by atoms with Gasteiger partial charge in [0.1, 0.15) is 12.2 Å². The van der Waals surface area contributed by atoms with Crippen molar-refractivity contribution in [2.24, 2.45) is 34.5 Å². The average molecular weight is 500 g/mol. The van der Waals surface area contributed by atoms with Crippen LogP contribution in [0.15, 0.2) is 23.8 Å². The van der Waals surface area contributed by atoms with Gasteiger partial charge in [0.2, 0.25) is 0 Å². The van der Waals surface area contributed by atoms with Gasteiger partial charge in [-0.15, -0.1) is 0 Å². The summed E-state index contributed by atoms with van der Waals surface area (Å²) in [5.41, 5.74) is -1.70. The number of ketones is 2. The molecule has 0 aliphatic heterocycles. The van der Waals surface area contributed by atoms with E-state index in [0.717, 1.165) is 12.0 Å². The molecule has 3 saturated carbocycles. The second kappa shape index (κ2) is 6.46. The molecule has 0 unspecified atom stereocenters. The molecule has 5 nitrogen and oxygen atoms in total. The first-order chi connectivity index (χ1) is 13.0. The lowest BCUT2D eigenvalue weighted by Gasteiger charge is -2.61. The summed E-state index contributed by atoms with van der Waals surface area (Å²) in [5.74, 6) is -0.672. The van der Waals surface area contributed by atoms with E-state index in [9.17, 15) is 24.9 Å². The quantitative estimate of drug-likeness (QED) is 0.400. The van der Waals surface area contributed by atoms with Gasteiger partial charge in [-0.2, -0.15) is 0 Å². The lowest BCUT2D eigenvalue weighted by molar-refractivity contribution is -0.182. The van der Waals surface area contributed by atoms with E-state index in [1.807, 2.05) is 19.9 Å². The molecule has 0 bridgehead atoms. The number of Topliss-reactive ketones (excluding diaryl/α,β-unsaturated/α-hetero) is 1. The summed E-state index contributed by atoms with van der Waals surface area (Å²) in [5, 5.41) is 32.4. The Balaban J connectivity index is 1.82. The Bertz CT molecular complexity index is 790. The number of alkyl halides is 1. The number of fused-ring (bicyclic) bond motifs is 5. The van der Waals surface area contributed by atoms with Crippen molar-refractivity contribution in [3.63, 3.8) is 0 Å². The van der Waals surface area contributed by atoms with Crippen LogP contribution in [0.25, 0.3) is 0 Å². The van der Waals surface area contributed by atoms with E-state index in [4.69, 9.17) is 0 Å². The molecule has 6 heteroatoms. The van der Waals surface area contributed by atoms with Gasteiger partial charge in [-0.3, -0.25) is 9.59 Å². The maximum absolute atomic E-state index is 12.6. The third-order valence-electron chi connectivity index (χ3n) is 8.63. The van der Waals surface area contributed by atoms with E-state index in [2.05, 4.69) is 29.5 Å². The van der Waals surface area contributed by atoms with Gasteiger partial charge in [0.15, 0.2) is 11.6 Å². The topological polar surface area (TPSA) is 94.8 Å². The Kier molecular flexibility index (Phi) is 4.78. The minimum absolute atomic E-state index is 0.00192. The summed E-state index contributed by atoms with van der Waals surface area (Å²) in [4.78, 5) is 24.6. The third-order valence-corrected chi connectivity index (χ3v) is 9.90. The molecule has 3 N–H and O–H groups in total. The molecule has 0 heterocycles. The van der Waals surface area contributed by atoms with Crippen LogP contribution < -0.4 is 0 Å². The van der Waals surface area contributed by atoms with Gasteiger partial charge in [-0.25, -0.2) is 0 Å². The van der Waals surface area contributed by atoms with Crippen LogP contribution in [0.5, 0.6) is 0 Å². The summed E-state index contributed by atoms with van der Waals surface area (Å²) < 4.78 is 0.208. The molecule has 0 spiro atoms. The van der Waals surface area contributed by atoms with Crippen molar-refractivity contribution in [2.45, 2.75) is 55.7 Å². The highest BCUT2D eigenvalue weighted by Crippen LogP contribution is 2.69. The number of carbonyl (C=O) groups is 2. The molecule has 4 aliphatic carbocycles. The summed E-state index contributed by atoms with van der Waals surface area (Å²) in [6.45, 7) is 5.23. The highest BCUT2D eigenvalue weighted by atomic mass is 127. The van der Waals surface area contributed by atoms with Crippen LogP contribution in [0.4, 0.5) is 0 Å². The zero-order valence-electron chi connectivity index (χ0n) is 16.6. The highest BCUT2D eigenvalue weighted by Gasteiger charge is 2.71. The van der Waals surface area contributed by atoms with Gasteiger partial charge >= 0.3 is 0 Å². The molecule has 0 aromatic carbocycles. The van der Waals surface area contributed by atoms with Crippen LogP contribution in [0, 0.1) is 34.5 Å². The highest BCUT2D eigenvalue weighted by molar-refractivity contribution is 14.1. The summed E-state index contributed by atoms with van der Waals surface area (Å²) in [6.07, 6.45) is 6.39. The van der Waals surface area contributed by atoms with Crippen molar-refractivity contribution >= 4 is 34.2 Å². The van der Waals surface area contributed by atoms with Crippen LogP contribution >= 0.6 is 22.6 Å². The standard InChI is InChI=1S/C22H29IO5/c1-11-6-14-18-15(23)8-12-7-13(25)4-5-20(12,2)19(18)16(26)9-21(14,3)22(11,28)17(27)10-24/h4-5,7,11,14-16,18-19,24,26,28H,6,8-10H2,1-3H3/t11-,14+,15-,16+,18-,19+,20+,21+,22+/m1/s1. The normalized spacial score (nSPS) is 52.5. The van der Waals surface area contributed by atoms with E-state index in [0.29, 0.717) is 12.8 Å². The Hall–Kier alpha value is -0.570. The van der Waals surface area contributed by atoms with Crippen molar-refractivity contribution in [1.82, 2.24) is 0 Å². The van der Waals surface area contributed by atoms with Crippen molar-refractivity contribution in [3.05, 3.63) is 23.8 Å². The number of hydrogen-bond donors (Lipinski definition) is 3. The van der Waals surface area contributed by atoms with Crippen LogP contribution in [0.3, 0.4) is 0 Å². The van der Waals surface area contributed by atoms with E-state index in [-0.39, 0.29) is 38.8 Å². The zero-order valence-corrected chi connectivity index (χ0v) is 18.7. The van der Waals surface area contributed by atoms with Crippen molar-refractivity contribution < 1.29 is 24.9 Å². The minimum Gasteiger partial charge on any atom is -0.393 e. The van der Waals surface area contributed by atoms with E-state index in [1.165, 1.54) is 0 Å². The second-order valence-electron chi connectivity index (χ2n) is 9.79. The Morgan fingerprint density at radius 3 is 2.68 bits per heavy atom. The molecule has 0 amide bonds. The number of rotatable bonds is 2. The molecule has 0 aromatic heterocycles. The molecule has 0 radical (unpaired) electrons. The van der Waals surface area contributed by atoms with E-state index >= 15 is 0 Å². The van der Waals surface area contributed by atoms with Gasteiger partial charge < -0.3 is 15.3 Å². The van der Waals surface area contributed by atoms with Crippen LogP contribution in [0.2, 0.25) is 0 Å². The fourth-order valence-corrected chi connectivity index (χ4v) is 8.72. The van der Waals surface area contributed by atoms with Gasteiger partial charge in [0.05, 0.1) is 6.10 Å². The van der Waals surface area contributed by atoms with Crippen molar-refractivity contribution in [2.75, 3.05) is 6.61 Å². The molecule has 4 aliphatic rings. The number of halogens is 1. The van der Waals surface area contributed by atoms with E-state index < -0.39 is 29.5 Å². The predicted molar refractivity (Wildman–Crippen MR) is 113 cm³/mol.